The summed E-state index contributed by atoms with van der Waals surface area (Å²) >= 11 is 0. The van der Waals surface area contributed by atoms with Gasteiger partial charge < -0.3 is 14.1 Å². The van der Waals surface area contributed by atoms with E-state index in [4.69, 9.17) is 9.15 Å². The maximum atomic E-state index is 11.1. The van der Waals surface area contributed by atoms with Crippen LogP contribution in [0.1, 0.15) is 30.3 Å². The molecule has 1 saturated heterocycles. The molecule has 21 heavy (non-hydrogen) atoms. The van der Waals surface area contributed by atoms with Crippen LogP contribution in [-0.4, -0.2) is 40.4 Å². The van der Waals surface area contributed by atoms with Crippen LogP contribution in [0.2, 0.25) is 0 Å². The van der Waals surface area contributed by atoms with E-state index < -0.39 is 5.76 Å². The first kappa shape index (κ1) is 13.6. The number of nitrogens with one attached hydrogen (secondary N) is 1. The van der Waals surface area contributed by atoms with E-state index in [1.54, 1.807) is 13.2 Å². The molecule has 2 aromatic rings. The summed E-state index contributed by atoms with van der Waals surface area (Å²) in [5, 5.41) is 6.23. The summed E-state index contributed by atoms with van der Waals surface area (Å²) in [6.07, 6.45) is 1.88. The maximum absolute atomic E-state index is 11.1. The van der Waals surface area contributed by atoms with Crippen LogP contribution < -0.4 is 15.4 Å². The summed E-state index contributed by atoms with van der Waals surface area (Å²) in [5.74, 6) is 1.17. The van der Waals surface area contributed by atoms with Crippen LogP contribution in [0.3, 0.4) is 0 Å². The minimum atomic E-state index is -0.518. The molecule has 1 fully saturated rings. The number of piperidine rings is 1. The van der Waals surface area contributed by atoms with E-state index >= 15 is 0 Å². The third kappa shape index (κ3) is 2.88. The number of H-pyrrole nitrogens is 1. The van der Waals surface area contributed by atoms with Gasteiger partial charge in [0.05, 0.1) is 13.0 Å². The number of aromatic amines is 1. The smallest absolute Gasteiger partial charge is 0.434 e. The average molecular weight is 291 g/mol. The van der Waals surface area contributed by atoms with E-state index in [0.717, 1.165) is 25.1 Å². The molecule has 3 rings (SSSR count). The first-order valence-electron chi connectivity index (χ1n) is 6.85. The van der Waals surface area contributed by atoms with Crippen LogP contribution in [0.5, 0.6) is 5.88 Å². The van der Waals surface area contributed by atoms with Gasteiger partial charge in [-0.15, -0.1) is 5.10 Å². The Morgan fingerprint density at radius 3 is 3.05 bits per heavy atom. The lowest BCUT2D eigenvalue weighted by Gasteiger charge is -2.31. The number of rotatable bonds is 3. The van der Waals surface area contributed by atoms with Gasteiger partial charge >= 0.3 is 5.76 Å². The predicted molar refractivity (Wildman–Crippen MR) is 74.6 cm³/mol. The molecular weight excluding hydrogens is 274 g/mol. The Kier molecular flexibility index (Phi) is 3.59. The molecule has 8 heteroatoms. The second-order valence-corrected chi connectivity index (χ2v) is 5.09. The fourth-order valence-electron chi connectivity index (χ4n) is 2.55. The molecule has 8 nitrogen and oxygen atoms in total. The molecular formula is C13H17N5O3. The minimum Gasteiger partial charge on any atom is -0.481 e. The number of aryl methyl sites for hydroxylation is 1. The summed E-state index contributed by atoms with van der Waals surface area (Å²) in [7, 11) is 1.59. The number of anilines is 1. The second kappa shape index (κ2) is 5.55. The summed E-state index contributed by atoms with van der Waals surface area (Å²) in [4.78, 5) is 22.0. The lowest BCUT2D eigenvalue weighted by atomic mass is 9.98. The van der Waals surface area contributed by atoms with Crippen molar-refractivity contribution < 1.29 is 9.15 Å². The quantitative estimate of drug-likeness (QED) is 0.895. The average Bonchev–Trinajstić information content (AvgIpc) is 2.93. The largest absolute Gasteiger partial charge is 0.481 e. The summed E-state index contributed by atoms with van der Waals surface area (Å²) in [6, 6.07) is 1.79. The molecule has 2 aromatic heterocycles. The molecule has 0 radical (unpaired) electrons. The van der Waals surface area contributed by atoms with Crippen LogP contribution in [-0.2, 0) is 0 Å². The molecule has 0 amide bonds. The van der Waals surface area contributed by atoms with Gasteiger partial charge in [-0.3, -0.25) is 0 Å². The Morgan fingerprint density at radius 1 is 1.48 bits per heavy atom. The molecule has 0 saturated carbocycles. The van der Waals surface area contributed by atoms with Crippen molar-refractivity contribution in [3.05, 3.63) is 28.2 Å². The zero-order valence-electron chi connectivity index (χ0n) is 12.0. The molecule has 1 aliphatic rings. The van der Waals surface area contributed by atoms with E-state index in [0.29, 0.717) is 24.3 Å². The number of nitrogens with zero attached hydrogens (tertiary/aromatic N) is 4. The minimum absolute atomic E-state index is 0.0628. The van der Waals surface area contributed by atoms with Crippen molar-refractivity contribution in [1.29, 1.82) is 0 Å². The molecule has 0 spiro atoms. The van der Waals surface area contributed by atoms with Crippen molar-refractivity contribution in [2.45, 2.75) is 25.7 Å². The van der Waals surface area contributed by atoms with Crippen molar-refractivity contribution in [3.8, 4) is 5.88 Å². The first-order chi connectivity index (χ1) is 10.2. The van der Waals surface area contributed by atoms with Gasteiger partial charge in [0, 0.05) is 24.8 Å². The van der Waals surface area contributed by atoms with Crippen LogP contribution in [0.15, 0.2) is 15.3 Å². The highest BCUT2D eigenvalue weighted by molar-refractivity contribution is 5.35. The normalized spacial score (nSPS) is 18.8. The van der Waals surface area contributed by atoms with E-state index in [2.05, 4.69) is 25.1 Å². The number of hydrogen-bond acceptors (Lipinski definition) is 7. The Hall–Kier alpha value is -2.38. The monoisotopic (exact) mass is 291 g/mol. The maximum Gasteiger partial charge on any atom is 0.434 e. The Balaban J connectivity index is 1.82. The standard InChI is InChI=1S/C13H17N5O3/c1-8-6-10(20-2)15-12(14-8)18-5-3-4-9(7-18)11-16-17-13(19)21-11/h6,9H,3-5,7H2,1-2H3,(H,17,19). The third-order valence-electron chi connectivity index (χ3n) is 3.54. The highest BCUT2D eigenvalue weighted by Gasteiger charge is 2.27. The van der Waals surface area contributed by atoms with Gasteiger partial charge in [-0.25, -0.2) is 14.9 Å². The Morgan fingerprint density at radius 2 is 2.33 bits per heavy atom. The summed E-state index contributed by atoms with van der Waals surface area (Å²) in [6.45, 7) is 3.43. The molecule has 0 bridgehead atoms. The summed E-state index contributed by atoms with van der Waals surface area (Å²) < 4.78 is 10.2. The fourth-order valence-corrected chi connectivity index (χ4v) is 2.55. The SMILES string of the molecule is COc1cc(C)nc(N2CCCC(c3n[nH]c(=O)o3)C2)n1. The second-order valence-electron chi connectivity index (χ2n) is 5.09. The number of aromatic nitrogens is 4. The van der Waals surface area contributed by atoms with E-state index in [1.165, 1.54) is 0 Å². The van der Waals surface area contributed by atoms with Crippen LogP contribution in [0.25, 0.3) is 0 Å². The Labute approximate surface area is 121 Å². The van der Waals surface area contributed by atoms with Crippen molar-refractivity contribution in [2.75, 3.05) is 25.1 Å². The lowest BCUT2D eigenvalue weighted by Crippen LogP contribution is -2.35. The molecule has 0 aliphatic carbocycles. The Bertz CT molecular complexity index is 680. The predicted octanol–water partition coefficient (Wildman–Crippen LogP) is 0.854. The van der Waals surface area contributed by atoms with Crippen LogP contribution in [0.4, 0.5) is 5.95 Å². The van der Waals surface area contributed by atoms with Crippen molar-refractivity contribution in [2.24, 2.45) is 0 Å². The molecule has 112 valence electrons. The highest BCUT2D eigenvalue weighted by Crippen LogP contribution is 2.27. The van der Waals surface area contributed by atoms with Gasteiger partial charge in [0.15, 0.2) is 0 Å². The molecule has 0 aromatic carbocycles. The van der Waals surface area contributed by atoms with E-state index in [9.17, 15) is 4.79 Å². The lowest BCUT2D eigenvalue weighted by molar-refractivity contribution is 0.379. The molecule has 1 N–H and O–H groups in total. The van der Waals surface area contributed by atoms with E-state index in [-0.39, 0.29) is 5.92 Å². The highest BCUT2D eigenvalue weighted by atomic mass is 16.5. The molecule has 3 heterocycles. The fraction of sp³-hybridized carbons (Fsp3) is 0.538. The van der Waals surface area contributed by atoms with Crippen molar-refractivity contribution in [1.82, 2.24) is 20.2 Å². The van der Waals surface area contributed by atoms with Crippen LogP contribution in [0, 0.1) is 6.92 Å². The third-order valence-corrected chi connectivity index (χ3v) is 3.54. The van der Waals surface area contributed by atoms with Crippen LogP contribution >= 0.6 is 0 Å². The van der Waals surface area contributed by atoms with Gasteiger partial charge in [-0.1, -0.05) is 0 Å². The van der Waals surface area contributed by atoms with Gasteiger partial charge in [0.25, 0.3) is 0 Å². The molecule has 1 atom stereocenters. The first-order valence-corrected chi connectivity index (χ1v) is 6.85. The van der Waals surface area contributed by atoms with Gasteiger partial charge in [-0.05, 0) is 19.8 Å². The zero-order valence-corrected chi connectivity index (χ0v) is 12.0. The number of ether oxygens (including phenoxy) is 1. The molecule has 1 aliphatic heterocycles. The molecule has 1 unspecified atom stereocenters. The van der Waals surface area contributed by atoms with Gasteiger partial charge in [0.1, 0.15) is 0 Å². The number of hydrogen-bond donors (Lipinski definition) is 1. The van der Waals surface area contributed by atoms with E-state index in [1.807, 2.05) is 6.92 Å². The van der Waals surface area contributed by atoms with Gasteiger partial charge in [-0.2, -0.15) is 4.98 Å². The zero-order chi connectivity index (χ0) is 14.8. The number of methoxy groups -OCH3 is 1. The van der Waals surface area contributed by atoms with Crippen molar-refractivity contribution >= 4 is 5.95 Å². The topological polar surface area (TPSA) is 97.1 Å². The summed E-state index contributed by atoms with van der Waals surface area (Å²) in [5.41, 5.74) is 0.852. The van der Waals surface area contributed by atoms with Crippen molar-refractivity contribution in [3.63, 3.8) is 0 Å². The van der Waals surface area contributed by atoms with Gasteiger partial charge in [0.2, 0.25) is 17.7 Å².